The van der Waals surface area contributed by atoms with Gasteiger partial charge in [-0.15, -0.1) is 0 Å². The zero-order valence-electron chi connectivity index (χ0n) is 11.0. The Morgan fingerprint density at radius 3 is 2.25 bits per heavy atom. The molecule has 0 fully saturated rings. The van der Waals surface area contributed by atoms with Crippen molar-refractivity contribution in [1.82, 2.24) is 0 Å². The minimum Gasteiger partial charge on any atom is -0.498 e. The topological polar surface area (TPSA) is 9.23 Å². The molecule has 0 amide bonds. The molecule has 0 unspecified atom stereocenters. The summed E-state index contributed by atoms with van der Waals surface area (Å²) < 4.78 is 5.80. The van der Waals surface area contributed by atoms with Crippen molar-refractivity contribution in [2.45, 2.75) is 77.6 Å². The molecule has 0 bridgehead atoms. The number of ether oxygens (including phenoxy) is 1. The first-order valence-corrected chi connectivity index (χ1v) is 7.25. The summed E-state index contributed by atoms with van der Waals surface area (Å²) in [5, 5.41) is 0. The van der Waals surface area contributed by atoms with Gasteiger partial charge in [0, 0.05) is 6.42 Å². The van der Waals surface area contributed by atoms with Crippen molar-refractivity contribution < 1.29 is 4.74 Å². The van der Waals surface area contributed by atoms with E-state index in [4.69, 9.17) is 4.74 Å². The Balaban J connectivity index is 2.31. The second kappa shape index (κ2) is 9.74. The fraction of sp³-hybridized carbons (Fsp3) is 0.867. The molecular formula is C15H28O. The van der Waals surface area contributed by atoms with Gasteiger partial charge in [0.2, 0.25) is 0 Å². The average Bonchev–Trinajstić information content (AvgIpc) is 2.28. The molecule has 1 aliphatic carbocycles. The van der Waals surface area contributed by atoms with E-state index in [9.17, 15) is 0 Å². The van der Waals surface area contributed by atoms with Crippen molar-refractivity contribution in [3.63, 3.8) is 0 Å². The van der Waals surface area contributed by atoms with Crippen LogP contribution in [0.3, 0.4) is 0 Å². The van der Waals surface area contributed by atoms with Gasteiger partial charge in [0.1, 0.15) is 0 Å². The molecule has 0 saturated carbocycles. The van der Waals surface area contributed by atoms with Gasteiger partial charge in [-0.25, -0.2) is 0 Å². The van der Waals surface area contributed by atoms with Crippen LogP contribution < -0.4 is 0 Å². The third-order valence-electron chi connectivity index (χ3n) is 3.24. The molecule has 0 aromatic heterocycles. The molecular weight excluding hydrogens is 196 g/mol. The molecule has 0 saturated heterocycles. The molecule has 0 aliphatic heterocycles. The van der Waals surface area contributed by atoms with Crippen LogP contribution in [0, 0.1) is 0 Å². The maximum atomic E-state index is 5.80. The van der Waals surface area contributed by atoms with Crippen LogP contribution in [0.25, 0.3) is 0 Å². The lowest BCUT2D eigenvalue weighted by molar-refractivity contribution is 0.199. The van der Waals surface area contributed by atoms with E-state index < -0.39 is 0 Å². The van der Waals surface area contributed by atoms with Crippen LogP contribution in [0.15, 0.2) is 11.8 Å². The second-order valence-electron chi connectivity index (χ2n) is 4.89. The van der Waals surface area contributed by atoms with Gasteiger partial charge in [-0.3, -0.25) is 0 Å². The summed E-state index contributed by atoms with van der Waals surface area (Å²) in [5.41, 5.74) is 0. The smallest absolute Gasteiger partial charge is 0.0919 e. The Labute approximate surface area is 101 Å². The lowest BCUT2D eigenvalue weighted by Gasteiger charge is -2.11. The maximum Gasteiger partial charge on any atom is 0.0919 e. The SMILES string of the molecule is CCCO/C1=C/CCCCCCCCCC1. The largest absolute Gasteiger partial charge is 0.498 e. The molecule has 94 valence electrons. The molecule has 16 heavy (non-hydrogen) atoms. The highest BCUT2D eigenvalue weighted by Crippen LogP contribution is 2.17. The van der Waals surface area contributed by atoms with E-state index in [1.807, 2.05) is 0 Å². The normalized spacial score (nSPS) is 23.7. The second-order valence-corrected chi connectivity index (χ2v) is 4.89. The summed E-state index contributed by atoms with van der Waals surface area (Å²) in [6, 6.07) is 0. The van der Waals surface area contributed by atoms with E-state index in [-0.39, 0.29) is 0 Å². The first-order valence-electron chi connectivity index (χ1n) is 7.25. The van der Waals surface area contributed by atoms with Crippen molar-refractivity contribution in [1.29, 1.82) is 0 Å². The van der Waals surface area contributed by atoms with Crippen LogP contribution >= 0.6 is 0 Å². The molecule has 1 heteroatoms. The summed E-state index contributed by atoms with van der Waals surface area (Å²) in [6.07, 6.45) is 17.0. The van der Waals surface area contributed by atoms with Gasteiger partial charge in [-0.1, -0.05) is 45.4 Å². The first kappa shape index (κ1) is 13.6. The summed E-state index contributed by atoms with van der Waals surface area (Å²) in [4.78, 5) is 0. The number of hydrogen-bond acceptors (Lipinski definition) is 1. The molecule has 0 radical (unpaired) electrons. The molecule has 1 aliphatic rings. The standard InChI is InChI=1S/C15H28O/c1-2-14-16-15-12-10-8-6-4-3-5-7-9-11-13-15/h12H,2-11,13-14H2,1H3/b15-12+. The van der Waals surface area contributed by atoms with Crippen LogP contribution in [0.5, 0.6) is 0 Å². The maximum absolute atomic E-state index is 5.80. The molecule has 1 rings (SSSR count). The van der Waals surface area contributed by atoms with Crippen LogP contribution in [0.4, 0.5) is 0 Å². The summed E-state index contributed by atoms with van der Waals surface area (Å²) in [5.74, 6) is 1.27. The minimum absolute atomic E-state index is 0.895. The molecule has 0 aromatic rings. The highest BCUT2D eigenvalue weighted by atomic mass is 16.5. The number of rotatable bonds is 3. The van der Waals surface area contributed by atoms with E-state index in [2.05, 4.69) is 13.0 Å². The van der Waals surface area contributed by atoms with Crippen LogP contribution in [0.1, 0.15) is 77.6 Å². The molecule has 0 spiro atoms. The summed E-state index contributed by atoms with van der Waals surface area (Å²) in [7, 11) is 0. The zero-order valence-corrected chi connectivity index (χ0v) is 11.0. The molecule has 1 nitrogen and oxygen atoms in total. The van der Waals surface area contributed by atoms with E-state index in [0.717, 1.165) is 13.0 Å². The van der Waals surface area contributed by atoms with E-state index in [1.165, 1.54) is 70.0 Å². The van der Waals surface area contributed by atoms with Crippen molar-refractivity contribution in [3.8, 4) is 0 Å². The van der Waals surface area contributed by atoms with Crippen LogP contribution in [-0.4, -0.2) is 6.61 Å². The van der Waals surface area contributed by atoms with E-state index >= 15 is 0 Å². The first-order chi connectivity index (χ1) is 7.93. The van der Waals surface area contributed by atoms with Gasteiger partial charge in [-0.05, 0) is 31.8 Å². The Morgan fingerprint density at radius 1 is 0.938 bits per heavy atom. The monoisotopic (exact) mass is 224 g/mol. The van der Waals surface area contributed by atoms with Crippen molar-refractivity contribution in [2.75, 3.05) is 6.61 Å². The highest BCUT2D eigenvalue weighted by molar-refractivity contribution is 4.93. The molecule has 0 N–H and O–H groups in total. The Bertz CT molecular complexity index is 184. The third kappa shape index (κ3) is 6.92. The Morgan fingerprint density at radius 2 is 1.56 bits per heavy atom. The van der Waals surface area contributed by atoms with Gasteiger partial charge in [0.25, 0.3) is 0 Å². The quantitative estimate of drug-likeness (QED) is 0.639. The van der Waals surface area contributed by atoms with Gasteiger partial charge >= 0.3 is 0 Å². The lowest BCUT2D eigenvalue weighted by atomic mass is 10.0. The average molecular weight is 224 g/mol. The van der Waals surface area contributed by atoms with E-state index in [0.29, 0.717) is 0 Å². The predicted octanol–water partition coefficient (Wildman–Crippen LogP) is 5.21. The zero-order chi connectivity index (χ0) is 11.5. The van der Waals surface area contributed by atoms with Crippen molar-refractivity contribution in [3.05, 3.63) is 11.8 Å². The number of hydrogen-bond donors (Lipinski definition) is 0. The van der Waals surface area contributed by atoms with Gasteiger partial charge in [0.05, 0.1) is 12.4 Å². The van der Waals surface area contributed by atoms with Gasteiger partial charge in [0.15, 0.2) is 0 Å². The minimum atomic E-state index is 0.895. The lowest BCUT2D eigenvalue weighted by Crippen LogP contribution is -1.95. The van der Waals surface area contributed by atoms with Crippen molar-refractivity contribution in [2.24, 2.45) is 0 Å². The van der Waals surface area contributed by atoms with Crippen molar-refractivity contribution >= 4 is 0 Å². The molecule has 0 heterocycles. The summed E-state index contributed by atoms with van der Waals surface area (Å²) in [6.45, 7) is 3.07. The fourth-order valence-corrected chi connectivity index (χ4v) is 2.23. The summed E-state index contributed by atoms with van der Waals surface area (Å²) >= 11 is 0. The van der Waals surface area contributed by atoms with E-state index in [1.54, 1.807) is 0 Å². The van der Waals surface area contributed by atoms with Gasteiger partial charge in [-0.2, -0.15) is 0 Å². The fourth-order valence-electron chi connectivity index (χ4n) is 2.23. The number of allylic oxidation sites excluding steroid dienone is 2. The molecule has 0 atom stereocenters. The Hall–Kier alpha value is -0.460. The predicted molar refractivity (Wildman–Crippen MR) is 70.5 cm³/mol. The highest BCUT2D eigenvalue weighted by Gasteiger charge is 2.00. The third-order valence-corrected chi connectivity index (χ3v) is 3.24. The molecule has 0 aromatic carbocycles. The van der Waals surface area contributed by atoms with Crippen LogP contribution in [0.2, 0.25) is 0 Å². The Kier molecular flexibility index (Phi) is 8.28. The van der Waals surface area contributed by atoms with Crippen LogP contribution in [-0.2, 0) is 4.74 Å². The van der Waals surface area contributed by atoms with Gasteiger partial charge < -0.3 is 4.74 Å².